The van der Waals surface area contributed by atoms with E-state index in [4.69, 9.17) is 9.47 Å². The summed E-state index contributed by atoms with van der Waals surface area (Å²) >= 11 is 0. The van der Waals surface area contributed by atoms with Gasteiger partial charge in [0.1, 0.15) is 0 Å². The Bertz CT molecular complexity index is 753. The zero-order chi connectivity index (χ0) is 18.0. The lowest BCUT2D eigenvalue weighted by Gasteiger charge is -2.37. The number of ether oxygens (including phenoxy) is 2. The number of hydrogen-bond donors (Lipinski definition) is 2. The lowest BCUT2D eigenvalue weighted by molar-refractivity contribution is 0.0235. The highest BCUT2D eigenvalue weighted by atomic mass is 16.5. The van der Waals surface area contributed by atoms with Gasteiger partial charge < -0.3 is 19.9 Å². The van der Waals surface area contributed by atoms with Crippen LogP contribution in [0.5, 0.6) is 11.5 Å². The molecule has 1 aliphatic carbocycles. The first-order valence-corrected chi connectivity index (χ1v) is 8.22. The molecule has 0 saturated heterocycles. The quantitative estimate of drug-likeness (QED) is 0.832. The normalized spacial score (nSPS) is 20.5. The standard InChI is InChI=1S/C18H23N3O4/c1-21-10-12(9-19-21)16(11-7-13(22)8-11)20-18(23)14-5-4-6-15(24-2)17(14)25-3/h4-6,9-11,13,16,22H,7-8H2,1-3H3,(H,20,23)/t11?,13?,16-/m0/s1. The molecule has 1 amide bonds. The third-order valence-corrected chi connectivity index (χ3v) is 4.64. The Morgan fingerprint density at radius 1 is 1.36 bits per heavy atom. The molecule has 1 aliphatic rings. The maximum Gasteiger partial charge on any atom is 0.255 e. The molecule has 0 unspecified atom stereocenters. The number of rotatable bonds is 6. The number of nitrogens with one attached hydrogen (secondary N) is 1. The fraction of sp³-hybridized carbons (Fsp3) is 0.444. The summed E-state index contributed by atoms with van der Waals surface area (Å²) in [7, 11) is 4.88. The molecule has 25 heavy (non-hydrogen) atoms. The smallest absolute Gasteiger partial charge is 0.255 e. The number of methoxy groups -OCH3 is 2. The first-order chi connectivity index (χ1) is 12.0. The Morgan fingerprint density at radius 2 is 2.12 bits per heavy atom. The van der Waals surface area contributed by atoms with Gasteiger partial charge in [-0.2, -0.15) is 5.10 Å². The third-order valence-electron chi connectivity index (χ3n) is 4.64. The van der Waals surface area contributed by atoms with Crippen LogP contribution in [0.1, 0.15) is 34.8 Å². The van der Waals surface area contributed by atoms with Gasteiger partial charge in [0.05, 0.1) is 38.1 Å². The van der Waals surface area contributed by atoms with Gasteiger partial charge in [-0.25, -0.2) is 0 Å². The molecular formula is C18H23N3O4. The zero-order valence-corrected chi connectivity index (χ0v) is 14.6. The van der Waals surface area contributed by atoms with Crippen molar-refractivity contribution in [2.24, 2.45) is 13.0 Å². The highest BCUT2D eigenvalue weighted by Gasteiger charge is 2.36. The number of carbonyl (C=O) groups excluding carboxylic acids is 1. The van der Waals surface area contributed by atoms with Crippen molar-refractivity contribution in [3.63, 3.8) is 0 Å². The molecule has 7 heteroatoms. The molecule has 1 fully saturated rings. The van der Waals surface area contributed by atoms with Crippen LogP contribution in [-0.2, 0) is 7.05 Å². The molecule has 1 aromatic carbocycles. The number of para-hydroxylation sites is 1. The molecule has 2 aromatic rings. The van der Waals surface area contributed by atoms with Crippen molar-refractivity contribution in [3.8, 4) is 11.5 Å². The van der Waals surface area contributed by atoms with E-state index in [-0.39, 0.29) is 24.0 Å². The van der Waals surface area contributed by atoms with Crippen LogP contribution in [0.3, 0.4) is 0 Å². The monoisotopic (exact) mass is 345 g/mol. The van der Waals surface area contributed by atoms with Crippen LogP contribution in [0.4, 0.5) is 0 Å². The summed E-state index contributed by atoms with van der Waals surface area (Å²) in [6.07, 6.45) is 4.66. The summed E-state index contributed by atoms with van der Waals surface area (Å²) in [4.78, 5) is 12.9. The first kappa shape index (κ1) is 17.3. The van der Waals surface area contributed by atoms with Crippen LogP contribution in [-0.4, -0.2) is 41.1 Å². The van der Waals surface area contributed by atoms with Crippen molar-refractivity contribution >= 4 is 5.91 Å². The molecule has 7 nitrogen and oxygen atoms in total. The summed E-state index contributed by atoms with van der Waals surface area (Å²) in [5, 5.41) is 16.9. The van der Waals surface area contributed by atoms with Gasteiger partial charge in [-0.3, -0.25) is 9.48 Å². The lowest BCUT2D eigenvalue weighted by Crippen LogP contribution is -2.41. The van der Waals surface area contributed by atoms with Crippen molar-refractivity contribution < 1.29 is 19.4 Å². The maximum atomic E-state index is 12.9. The van der Waals surface area contributed by atoms with E-state index in [1.54, 1.807) is 29.1 Å². The van der Waals surface area contributed by atoms with E-state index in [2.05, 4.69) is 10.4 Å². The molecule has 0 spiro atoms. The molecule has 0 bridgehead atoms. The number of benzene rings is 1. The van der Waals surface area contributed by atoms with Crippen LogP contribution >= 0.6 is 0 Å². The minimum atomic E-state index is -0.299. The van der Waals surface area contributed by atoms with E-state index in [9.17, 15) is 9.90 Å². The number of aromatic nitrogens is 2. The highest BCUT2D eigenvalue weighted by Crippen LogP contribution is 2.39. The van der Waals surface area contributed by atoms with Gasteiger partial charge in [0, 0.05) is 18.8 Å². The lowest BCUT2D eigenvalue weighted by atomic mass is 9.75. The molecule has 1 saturated carbocycles. The molecule has 2 N–H and O–H groups in total. The fourth-order valence-corrected chi connectivity index (χ4v) is 3.26. The van der Waals surface area contributed by atoms with E-state index in [1.165, 1.54) is 14.2 Å². The molecule has 0 aliphatic heterocycles. The zero-order valence-electron chi connectivity index (χ0n) is 14.6. The van der Waals surface area contributed by atoms with E-state index < -0.39 is 0 Å². The van der Waals surface area contributed by atoms with Crippen LogP contribution in [0.15, 0.2) is 30.6 Å². The summed E-state index contributed by atoms with van der Waals surface area (Å²) in [5.41, 5.74) is 1.34. The van der Waals surface area contributed by atoms with E-state index >= 15 is 0 Å². The topological polar surface area (TPSA) is 85.6 Å². The molecule has 3 rings (SSSR count). The minimum absolute atomic E-state index is 0.180. The van der Waals surface area contributed by atoms with Crippen LogP contribution in [0, 0.1) is 5.92 Å². The average molecular weight is 345 g/mol. The Labute approximate surface area is 146 Å². The van der Waals surface area contributed by atoms with Crippen molar-refractivity contribution in [2.75, 3.05) is 14.2 Å². The van der Waals surface area contributed by atoms with Gasteiger partial charge in [-0.05, 0) is 30.9 Å². The van der Waals surface area contributed by atoms with Gasteiger partial charge in [-0.1, -0.05) is 6.07 Å². The van der Waals surface area contributed by atoms with Gasteiger partial charge in [-0.15, -0.1) is 0 Å². The second-order valence-electron chi connectivity index (χ2n) is 6.32. The van der Waals surface area contributed by atoms with Crippen molar-refractivity contribution in [1.82, 2.24) is 15.1 Å². The van der Waals surface area contributed by atoms with Gasteiger partial charge >= 0.3 is 0 Å². The predicted molar refractivity (Wildman–Crippen MR) is 91.7 cm³/mol. The Kier molecular flexibility index (Phi) is 4.94. The maximum absolute atomic E-state index is 12.9. The number of amides is 1. The van der Waals surface area contributed by atoms with Crippen LogP contribution < -0.4 is 14.8 Å². The van der Waals surface area contributed by atoms with Gasteiger partial charge in [0.2, 0.25) is 0 Å². The van der Waals surface area contributed by atoms with E-state index in [0.29, 0.717) is 29.9 Å². The molecule has 0 radical (unpaired) electrons. The van der Waals surface area contributed by atoms with Crippen LogP contribution in [0.2, 0.25) is 0 Å². The van der Waals surface area contributed by atoms with Crippen LogP contribution in [0.25, 0.3) is 0 Å². The minimum Gasteiger partial charge on any atom is -0.493 e. The van der Waals surface area contributed by atoms with Crippen molar-refractivity contribution in [2.45, 2.75) is 25.0 Å². The number of nitrogens with zero attached hydrogens (tertiary/aromatic N) is 2. The second kappa shape index (κ2) is 7.14. The average Bonchev–Trinajstić information content (AvgIpc) is 3.02. The number of hydrogen-bond acceptors (Lipinski definition) is 5. The summed E-state index contributed by atoms with van der Waals surface area (Å²) in [6.45, 7) is 0. The summed E-state index contributed by atoms with van der Waals surface area (Å²) in [5.74, 6) is 0.846. The molecule has 134 valence electrons. The highest BCUT2D eigenvalue weighted by molar-refractivity contribution is 5.98. The Hall–Kier alpha value is -2.54. The summed E-state index contributed by atoms with van der Waals surface area (Å²) < 4.78 is 12.3. The van der Waals surface area contributed by atoms with E-state index in [0.717, 1.165) is 5.56 Å². The fourth-order valence-electron chi connectivity index (χ4n) is 3.26. The predicted octanol–water partition coefficient (Wildman–Crippen LogP) is 1.68. The third kappa shape index (κ3) is 3.46. The first-order valence-electron chi connectivity index (χ1n) is 8.22. The number of aliphatic hydroxyl groups is 1. The van der Waals surface area contributed by atoms with E-state index in [1.807, 2.05) is 13.2 Å². The van der Waals surface area contributed by atoms with Crippen molar-refractivity contribution in [3.05, 3.63) is 41.7 Å². The molecular weight excluding hydrogens is 322 g/mol. The Balaban J connectivity index is 1.86. The summed E-state index contributed by atoms with van der Waals surface area (Å²) in [6, 6.07) is 4.99. The second-order valence-corrected chi connectivity index (χ2v) is 6.32. The van der Waals surface area contributed by atoms with Crippen molar-refractivity contribution in [1.29, 1.82) is 0 Å². The molecule has 1 atom stereocenters. The van der Waals surface area contributed by atoms with Gasteiger partial charge in [0.25, 0.3) is 5.91 Å². The number of aryl methyl sites for hydroxylation is 1. The number of aliphatic hydroxyl groups excluding tert-OH is 1. The largest absolute Gasteiger partial charge is 0.493 e. The Morgan fingerprint density at radius 3 is 2.68 bits per heavy atom. The SMILES string of the molecule is COc1cccc(C(=O)N[C@H](c2cnn(C)c2)C2CC(O)C2)c1OC. The molecule has 1 aromatic heterocycles. The number of carbonyl (C=O) groups is 1. The molecule has 1 heterocycles. The van der Waals surface area contributed by atoms with Gasteiger partial charge in [0.15, 0.2) is 11.5 Å².